The van der Waals surface area contributed by atoms with E-state index in [9.17, 15) is 10.1 Å². The van der Waals surface area contributed by atoms with Crippen molar-refractivity contribution in [3.63, 3.8) is 0 Å². The molecule has 0 spiro atoms. The first kappa shape index (κ1) is 18.4. The van der Waals surface area contributed by atoms with Gasteiger partial charge in [-0.25, -0.2) is 0 Å². The first-order valence-electron chi connectivity index (χ1n) is 7.03. The molecule has 124 valence electrons. The number of benzene rings is 2. The van der Waals surface area contributed by atoms with Crippen molar-refractivity contribution < 1.29 is 9.53 Å². The number of ether oxygens (including phenoxy) is 1. The highest BCUT2D eigenvalue weighted by molar-refractivity contribution is 6.42. The van der Waals surface area contributed by atoms with E-state index in [0.717, 1.165) is 0 Å². The zero-order chi connectivity index (χ0) is 17.5. The fraction of sp³-hybridized carbons (Fsp3) is 0.176. The predicted molar refractivity (Wildman–Crippen MR) is 94.5 cm³/mol. The van der Waals surface area contributed by atoms with Gasteiger partial charge in [0.2, 0.25) is 5.91 Å². The molecule has 0 fully saturated rings. The molecule has 0 heterocycles. The van der Waals surface area contributed by atoms with Gasteiger partial charge in [-0.2, -0.15) is 5.26 Å². The van der Waals surface area contributed by atoms with Crippen LogP contribution in [0.3, 0.4) is 0 Å². The summed E-state index contributed by atoms with van der Waals surface area (Å²) in [7, 11) is 0. The van der Waals surface area contributed by atoms with Crippen LogP contribution in [0.1, 0.15) is 18.0 Å². The van der Waals surface area contributed by atoms with E-state index in [4.69, 9.17) is 39.5 Å². The average molecular weight is 384 g/mol. The third-order valence-electron chi connectivity index (χ3n) is 3.15. The van der Waals surface area contributed by atoms with Crippen LogP contribution in [-0.4, -0.2) is 12.5 Å². The van der Waals surface area contributed by atoms with Crippen molar-refractivity contribution in [2.24, 2.45) is 0 Å². The Bertz CT molecular complexity index is 775. The third kappa shape index (κ3) is 4.78. The second-order valence-corrected chi connectivity index (χ2v) is 5.99. The lowest BCUT2D eigenvalue weighted by Crippen LogP contribution is -2.29. The van der Waals surface area contributed by atoms with Gasteiger partial charge in [0.15, 0.2) is 0 Å². The SMILES string of the molecule is N#CC(NC(=O)CCOc1ccccc1Cl)c1cccc(Cl)c1Cl. The predicted octanol–water partition coefficient (Wildman–Crippen LogP) is 4.80. The van der Waals surface area contributed by atoms with Gasteiger partial charge < -0.3 is 10.1 Å². The smallest absolute Gasteiger partial charge is 0.224 e. The Morgan fingerprint density at radius 2 is 1.83 bits per heavy atom. The van der Waals surface area contributed by atoms with Crippen molar-refractivity contribution in [1.29, 1.82) is 5.26 Å². The van der Waals surface area contributed by atoms with Gasteiger partial charge in [-0.1, -0.05) is 59.1 Å². The number of amides is 1. The van der Waals surface area contributed by atoms with Crippen LogP contribution >= 0.6 is 34.8 Å². The molecule has 7 heteroatoms. The van der Waals surface area contributed by atoms with E-state index in [0.29, 0.717) is 21.4 Å². The zero-order valence-corrected chi connectivity index (χ0v) is 14.7. The number of hydrogen-bond acceptors (Lipinski definition) is 3. The lowest BCUT2D eigenvalue weighted by atomic mass is 10.1. The summed E-state index contributed by atoms with van der Waals surface area (Å²) in [6.07, 6.45) is 0.0710. The van der Waals surface area contributed by atoms with Crippen molar-refractivity contribution in [3.05, 3.63) is 63.1 Å². The molecule has 2 aromatic carbocycles. The normalized spacial score (nSPS) is 11.4. The Hall–Kier alpha value is -1.93. The van der Waals surface area contributed by atoms with Crippen molar-refractivity contribution >= 4 is 40.7 Å². The standard InChI is InChI=1S/C17H13Cl3N2O2/c18-12-5-1-2-7-15(12)24-9-8-16(23)22-14(10-21)11-4-3-6-13(19)17(11)20/h1-7,14H,8-9H2,(H,22,23). The monoisotopic (exact) mass is 382 g/mol. The van der Waals surface area contributed by atoms with Gasteiger partial charge in [0, 0.05) is 5.56 Å². The Kier molecular flexibility index (Phi) is 6.74. The van der Waals surface area contributed by atoms with E-state index in [2.05, 4.69) is 5.32 Å². The van der Waals surface area contributed by atoms with Gasteiger partial charge in [0.1, 0.15) is 11.8 Å². The third-order valence-corrected chi connectivity index (χ3v) is 4.30. The molecule has 0 aliphatic heterocycles. The molecule has 0 aliphatic carbocycles. The van der Waals surface area contributed by atoms with Crippen LogP contribution in [0.4, 0.5) is 0 Å². The van der Waals surface area contributed by atoms with Crippen LogP contribution < -0.4 is 10.1 Å². The number of hydrogen-bond donors (Lipinski definition) is 1. The van der Waals surface area contributed by atoms with E-state index in [1.54, 1.807) is 42.5 Å². The Labute approximate surface area is 154 Å². The van der Waals surface area contributed by atoms with E-state index in [1.165, 1.54) is 0 Å². The van der Waals surface area contributed by atoms with Gasteiger partial charge in [-0.05, 0) is 18.2 Å². The Morgan fingerprint density at radius 1 is 1.12 bits per heavy atom. The number of nitrogens with zero attached hydrogens (tertiary/aromatic N) is 1. The van der Waals surface area contributed by atoms with E-state index >= 15 is 0 Å². The highest BCUT2D eigenvalue weighted by atomic mass is 35.5. The largest absolute Gasteiger partial charge is 0.491 e. The van der Waals surface area contributed by atoms with Crippen molar-refractivity contribution in [2.45, 2.75) is 12.5 Å². The summed E-state index contributed by atoms with van der Waals surface area (Å²) in [5, 5.41) is 12.9. The van der Waals surface area contributed by atoms with Crippen molar-refractivity contribution in [3.8, 4) is 11.8 Å². The minimum Gasteiger partial charge on any atom is -0.491 e. The van der Waals surface area contributed by atoms with Gasteiger partial charge in [0.25, 0.3) is 0 Å². The van der Waals surface area contributed by atoms with Gasteiger partial charge in [-0.15, -0.1) is 0 Å². The first-order valence-corrected chi connectivity index (χ1v) is 8.16. The second-order valence-electron chi connectivity index (χ2n) is 4.80. The molecule has 4 nitrogen and oxygen atoms in total. The molecular weight excluding hydrogens is 371 g/mol. The average Bonchev–Trinajstić information content (AvgIpc) is 2.57. The highest BCUT2D eigenvalue weighted by Crippen LogP contribution is 2.29. The number of rotatable bonds is 6. The minimum atomic E-state index is -0.885. The fourth-order valence-corrected chi connectivity index (χ4v) is 2.58. The van der Waals surface area contributed by atoms with Crippen LogP contribution in [0, 0.1) is 11.3 Å². The Balaban J connectivity index is 1.92. The molecule has 0 radical (unpaired) electrons. The van der Waals surface area contributed by atoms with Gasteiger partial charge in [-0.3, -0.25) is 4.79 Å². The number of carbonyl (C=O) groups is 1. The molecule has 0 aliphatic rings. The Morgan fingerprint density at radius 3 is 2.54 bits per heavy atom. The number of halogens is 3. The van der Waals surface area contributed by atoms with Crippen LogP contribution in [0.25, 0.3) is 0 Å². The molecule has 0 saturated heterocycles. The van der Waals surface area contributed by atoms with E-state index < -0.39 is 6.04 Å². The molecule has 1 unspecified atom stereocenters. The quantitative estimate of drug-likeness (QED) is 0.779. The highest BCUT2D eigenvalue weighted by Gasteiger charge is 2.18. The minimum absolute atomic E-state index is 0.0710. The molecule has 2 rings (SSSR count). The summed E-state index contributed by atoms with van der Waals surface area (Å²) >= 11 is 18.0. The van der Waals surface area contributed by atoms with Crippen LogP contribution in [0.15, 0.2) is 42.5 Å². The number of nitrogens with one attached hydrogen (secondary N) is 1. The summed E-state index contributed by atoms with van der Waals surface area (Å²) in [6, 6.07) is 13.0. The molecule has 0 aromatic heterocycles. The first-order chi connectivity index (χ1) is 11.5. The van der Waals surface area contributed by atoms with Crippen LogP contribution in [0.2, 0.25) is 15.1 Å². The maximum atomic E-state index is 12.0. The molecule has 1 N–H and O–H groups in total. The van der Waals surface area contributed by atoms with Crippen molar-refractivity contribution in [2.75, 3.05) is 6.61 Å². The number of carbonyl (C=O) groups excluding carboxylic acids is 1. The number of para-hydroxylation sites is 1. The molecule has 1 amide bonds. The van der Waals surface area contributed by atoms with Gasteiger partial charge >= 0.3 is 0 Å². The topological polar surface area (TPSA) is 62.1 Å². The maximum Gasteiger partial charge on any atom is 0.224 e. The van der Waals surface area contributed by atoms with Crippen LogP contribution in [0.5, 0.6) is 5.75 Å². The summed E-state index contributed by atoms with van der Waals surface area (Å²) in [4.78, 5) is 12.0. The molecule has 0 bridgehead atoms. The van der Waals surface area contributed by atoms with Crippen molar-refractivity contribution in [1.82, 2.24) is 5.32 Å². The lowest BCUT2D eigenvalue weighted by Gasteiger charge is -2.14. The zero-order valence-electron chi connectivity index (χ0n) is 12.4. The molecule has 1 atom stereocenters. The summed E-state index contributed by atoms with van der Waals surface area (Å²) < 4.78 is 5.45. The van der Waals surface area contributed by atoms with E-state index in [-0.39, 0.29) is 24.0 Å². The molecule has 24 heavy (non-hydrogen) atoms. The maximum absolute atomic E-state index is 12.0. The molecule has 2 aromatic rings. The van der Waals surface area contributed by atoms with Crippen LogP contribution in [-0.2, 0) is 4.79 Å². The fourth-order valence-electron chi connectivity index (χ4n) is 1.97. The number of nitriles is 1. The van der Waals surface area contributed by atoms with E-state index in [1.807, 2.05) is 6.07 Å². The second kappa shape index (κ2) is 8.79. The summed E-state index contributed by atoms with van der Waals surface area (Å²) in [6.45, 7) is 0.136. The lowest BCUT2D eigenvalue weighted by molar-refractivity contribution is -0.122. The summed E-state index contributed by atoms with van der Waals surface area (Å²) in [5.41, 5.74) is 0.451. The van der Waals surface area contributed by atoms with Gasteiger partial charge in [0.05, 0.1) is 34.2 Å². The molecular formula is C17H13Cl3N2O2. The summed E-state index contributed by atoms with van der Waals surface area (Å²) in [5.74, 6) is 0.159. The molecule has 0 saturated carbocycles.